The first-order valence-electron chi connectivity index (χ1n) is 4.99. The number of rotatable bonds is 4. The van der Waals surface area contributed by atoms with Crippen LogP contribution in [-0.4, -0.2) is 23.9 Å². The number of thiocarbonyl (C=S) groups is 1. The Morgan fingerprint density at radius 2 is 2.29 bits per heavy atom. The van der Waals surface area contributed by atoms with E-state index in [-0.39, 0.29) is 11.1 Å². The van der Waals surface area contributed by atoms with Gasteiger partial charge in [-0.25, -0.2) is 4.79 Å². The summed E-state index contributed by atoms with van der Waals surface area (Å²) in [5.74, 6) is -0.384. The zero-order chi connectivity index (χ0) is 12.7. The van der Waals surface area contributed by atoms with Crippen molar-refractivity contribution in [1.29, 1.82) is 0 Å². The molecule has 0 amide bonds. The van der Waals surface area contributed by atoms with E-state index in [4.69, 9.17) is 10.5 Å². The fourth-order valence-electron chi connectivity index (χ4n) is 1.17. The lowest BCUT2D eigenvalue weighted by Gasteiger charge is -2.04. The monoisotopic (exact) mass is 251 g/mol. The number of hydrazone groups is 1. The van der Waals surface area contributed by atoms with Crippen molar-refractivity contribution in [3.05, 3.63) is 35.4 Å². The van der Waals surface area contributed by atoms with Crippen LogP contribution in [0.1, 0.15) is 22.8 Å². The molecule has 17 heavy (non-hydrogen) atoms. The van der Waals surface area contributed by atoms with Crippen LogP contribution < -0.4 is 11.2 Å². The number of ether oxygens (including phenoxy) is 1. The average molecular weight is 251 g/mol. The molecule has 0 aliphatic rings. The third kappa shape index (κ3) is 4.20. The van der Waals surface area contributed by atoms with Crippen molar-refractivity contribution in [1.82, 2.24) is 5.43 Å². The Bertz CT molecular complexity index is 446. The normalized spacial score (nSPS) is 10.2. The molecule has 0 unspecified atom stereocenters. The van der Waals surface area contributed by atoms with Crippen molar-refractivity contribution in [3.8, 4) is 0 Å². The fraction of sp³-hybridized carbons (Fsp3) is 0.182. The van der Waals surface area contributed by atoms with E-state index in [0.29, 0.717) is 17.7 Å². The molecule has 3 N–H and O–H groups in total. The number of hydrogen-bond donors (Lipinski definition) is 2. The molecule has 0 fully saturated rings. The van der Waals surface area contributed by atoms with Gasteiger partial charge in [0.25, 0.3) is 0 Å². The van der Waals surface area contributed by atoms with Crippen molar-refractivity contribution < 1.29 is 9.53 Å². The van der Waals surface area contributed by atoms with E-state index in [0.717, 1.165) is 0 Å². The van der Waals surface area contributed by atoms with Gasteiger partial charge in [0.15, 0.2) is 5.11 Å². The van der Waals surface area contributed by atoms with Crippen LogP contribution in [0.3, 0.4) is 0 Å². The van der Waals surface area contributed by atoms with Gasteiger partial charge in [0.1, 0.15) is 0 Å². The fourth-order valence-corrected chi connectivity index (χ4v) is 1.22. The second-order valence-corrected chi connectivity index (χ2v) is 3.48. The van der Waals surface area contributed by atoms with Gasteiger partial charge in [-0.3, -0.25) is 5.43 Å². The van der Waals surface area contributed by atoms with Gasteiger partial charge >= 0.3 is 5.97 Å². The van der Waals surface area contributed by atoms with E-state index in [2.05, 4.69) is 22.7 Å². The van der Waals surface area contributed by atoms with Crippen LogP contribution in [0.15, 0.2) is 29.4 Å². The van der Waals surface area contributed by atoms with E-state index in [1.807, 2.05) is 0 Å². The van der Waals surface area contributed by atoms with E-state index in [1.54, 1.807) is 31.2 Å². The molecule has 0 aliphatic heterocycles. The maximum Gasteiger partial charge on any atom is 0.338 e. The first-order chi connectivity index (χ1) is 8.15. The van der Waals surface area contributed by atoms with Crippen molar-refractivity contribution in [2.75, 3.05) is 6.61 Å². The van der Waals surface area contributed by atoms with Gasteiger partial charge in [-0.05, 0) is 25.2 Å². The smallest absolute Gasteiger partial charge is 0.338 e. The molecular formula is C11H13N3O2S. The van der Waals surface area contributed by atoms with E-state index >= 15 is 0 Å². The summed E-state index contributed by atoms with van der Waals surface area (Å²) in [7, 11) is 0. The quantitative estimate of drug-likeness (QED) is 0.362. The molecular weight excluding hydrogens is 238 g/mol. The zero-order valence-electron chi connectivity index (χ0n) is 9.34. The summed E-state index contributed by atoms with van der Waals surface area (Å²) in [6.07, 6.45) is 1.46. The molecule has 6 heteroatoms. The van der Waals surface area contributed by atoms with Gasteiger partial charge in [0.05, 0.1) is 18.4 Å². The Labute approximate surface area is 105 Å². The lowest BCUT2D eigenvalue weighted by molar-refractivity contribution is 0.0526. The number of nitrogens with two attached hydrogens (primary N) is 1. The molecule has 0 saturated carbocycles. The minimum absolute atomic E-state index is 0.0647. The number of nitrogens with one attached hydrogen (secondary N) is 1. The Hall–Kier alpha value is -1.95. The van der Waals surface area contributed by atoms with Gasteiger partial charge < -0.3 is 10.5 Å². The summed E-state index contributed by atoms with van der Waals surface area (Å²) in [5.41, 5.74) is 8.72. The van der Waals surface area contributed by atoms with Gasteiger partial charge in [0, 0.05) is 5.56 Å². The van der Waals surface area contributed by atoms with Gasteiger partial charge in [0.2, 0.25) is 0 Å². The molecule has 0 spiro atoms. The van der Waals surface area contributed by atoms with Gasteiger partial charge in [-0.2, -0.15) is 5.10 Å². The van der Waals surface area contributed by atoms with Crippen molar-refractivity contribution in [3.63, 3.8) is 0 Å². The van der Waals surface area contributed by atoms with Crippen LogP contribution in [0.25, 0.3) is 0 Å². The third-order valence-electron chi connectivity index (χ3n) is 1.83. The highest BCUT2D eigenvalue weighted by atomic mass is 32.1. The van der Waals surface area contributed by atoms with Crippen molar-refractivity contribution in [2.45, 2.75) is 6.92 Å². The SMILES string of the molecule is CCOC(=O)c1ccccc1C=NNC(N)=S. The van der Waals surface area contributed by atoms with Crippen LogP contribution in [0.5, 0.6) is 0 Å². The minimum atomic E-state index is -0.384. The third-order valence-corrected chi connectivity index (χ3v) is 1.93. The second kappa shape index (κ2) is 6.59. The molecule has 1 rings (SSSR count). The maximum atomic E-state index is 11.6. The van der Waals surface area contributed by atoms with E-state index in [9.17, 15) is 4.79 Å². The molecule has 1 aromatic rings. The molecule has 90 valence electrons. The number of hydrogen-bond acceptors (Lipinski definition) is 4. The minimum Gasteiger partial charge on any atom is -0.462 e. The van der Waals surface area contributed by atoms with Crippen LogP contribution in [0.2, 0.25) is 0 Å². The standard InChI is InChI=1S/C11H13N3O2S/c1-2-16-10(15)9-6-4-3-5-8(9)7-13-14-11(12)17/h3-7H,2H2,1H3,(H3,12,14,17). The highest BCUT2D eigenvalue weighted by Gasteiger charge is 2.09. The van der Waals surface area contributed by atoms with Crippen molar-refractivity contribution >= 4 is 29.5 Å². The highest BCUT2D eigenvalue weighted by molar-refractivity contribution is 7.80. The first kappa shape index (κ1) is 13.1. The van der Waals surface area contributed by atoms with E-state index in [1.165, 1.54) is 6.21 Å². The summed E-state index contributed by atoms with van der Waals surface area (Å²) in [6.45, 7) is 2.08. The van der Waals surface area contributed by atoms with Crippen LogP contribution in [-0.2, 0) is 4.74 Å². The topological polar surface area (TPSA) is 76.7 Å². The number of benzene rings is 1. The summed E-state index contributed by atoms with van der Waals surface area (Å²) >= 11 is 4.60. The van der Waals surface area contributed by atoms with Crippen molar-refractivity contribution in [2.24, 2.45) is 10.8 Å². The molecule has 0 radical (unpaired) electrons. The second-order valence-electron chi connectivity index (χ2n) is 3.04. The lowest BCUT2D eigenvalue weighted by atomic mass is 10.1. The number of carbonyl (C=O) groups is 1. The van der Waals surface area contributed by atoms with Gasteiger partial charge in [-0.1, -0.05) is 18.2 Å². The maximum absolute atomic E-state index is 11.6. The Morgan fingerprint density at radius 1 is 1.59 bits per heavy atom. The summed E-state index contributed by atoms with van der Waals surface area (Å²) < 4.78 is 4.92. The van der Waals surface area contributed by atoms with E-state index < -0.39 is 0 Å². The van der Waals surface area contributed by atoms with Crippen LogP contribution >= 0.6 is 12.2 Å². The Kier molecular flexibility index (Phi) is 5.09. The highest BCUT2D eigenvalue weighted by Crippen LogP contribution is 2.07. The molecule has 0 aliphatic carbocycles. The molecule has 0 heterocycles. The Morgan fingerprint density at radius 3 is 2.94 bits per heavy atom. The van der Waals surface area contributed by atoms with Gasteiger partial charge in [-0.15, -0.1) is 0 Å². The Balaban J connectivity index is 2.88. The average Bonchev–Trinajstić information content (AvgIpc) is 2.29. The molecule has 1 aromatic carbocycles. The molecule has 0 aromatic heterocycles. The summed E-state index contributed by atoms with van der Waals surface area (Å²) in [4.78, 5) is 11.6. The largest absolute Gasteiger partial charge is 0.462 e. The lowest BCUT2D eigenvalue weighted by Crippen LogP contribution is -2.24. The molecule has 5 nitrogen and oxygen atoms in total. The summed E-state index contributed by atoms with van der Waals surface area (Å²) in [6, 6.07) is 6.96. The zero-order valence-corrected chi connectivity index (χ0v) is 10.2. The summed E-state index contributed by atoms with van der Waals surface area (Å²) in [5, 5.41) is 3.86. The van der Waals surface area contributed by atoms with Crippen LogP contribution in [0.4, 0.5) is 0 Å². The van der Waals surface area contributed by atoms with Crippen LogP contribution in [0, 0.1) is 0 Å². The number of carbonyl (C=O) groups excluding carboxylic acids is 1. The molecule has 0 saturated heterocycles. The molecule has 0 bridgehead atoms. The number of esters is 1. The predicted molar refractivity (Wildman–Crippen MR) is 69.9 cm³/mol. The number of nitrogens with zero attached hydrogens (tertiary/aromatic N) is 1. The molecule has 0 atom stereocenters. The predicted octanol–water partition coefficient (Wildman–Crippen LogP) is 1.03. The first-order valence-corrected chi connectivity index (χ1v) is 5.40.